The predicted octanol–water partition coefficient (Wildman–Crippen LogP) is 0.203. The first-order valence-electron chi connectivity index (χ1n) is 3.57. The van der Waals surface area contributed by atoms with Crippen LogP contribution in [0.2, 0.25) is 0 Å². The summed E-state index contributed by atoms with van der Waals surface area (Å²) in [5.74, 6) is -0.147. The number of hydrogen-bond donors (Lipinski definition) is 1. The van der Waals surface area contributed by atoms with Crippen LogP contribution >= 0.6 is 0 Å². The van der Waals surface area contributed by atoms with Crippen molar-refractivity contribution in [3.05, 3.63) is 0 Å². The minimum absolute atomic E-state index is 0.0382. The van der Waals surface area contributed by atoms with E-state index in [0.717, 1.165) is 19.3 Å². The molecule has 1 spiro atoms. The van der Waals surface area contributed by atoms with Gasteiger partial charge in [0.2, 0.25) is 11.8 Å². The second-order valence-corrected chi connectivity index (χ2v) is 3.16. The van der Waals surface area contributed by atoms with Gasteiger partial charge in [-0.1, -0.05) is 0 Å². The monoisotopic (exact) mass is 139 g/mol. The first-order chi connectivity index (χ1) is 4.73. The average Bonchev–Trinajstić information content (AvgIpc) is 2.62. The second kappa shape index (κ2) is 1.59. The van der Waals surface area contributed by atoms with Gasteiger partial charge in [-0.3, -0.25) is 14.9 Å². The third-order valence-corrected chi connectivity index (χ3v) is 2.42. The van der Waals surface area contributed by atoms with E-state index in [-0.39, 0.29) is 17.2 Å². The van der Waals surface area contributed by atoms with Crippen LogP contribution in [-0.4, -0.2) is 11.8 Å². The summed E-state index contributed by atoms with van der Waals surface area (Å²) in [5.41, 5.74) is -0.103. The Kier molecular flexibility index (Phi) is 0.938. The summed E-state index contributed by atoms with van der Waals surface area (Å²) < 4.78 is 0. The van der Waals surface area contributed by atoms with Crippen LogP contribution in [0.25, 0.3) is 0 Å². The quantitative estimate of drug-likeness (QED) is 0.487. The van der Waals surface area contributed by atoms with Crippen molar-refractivity contribution in [1.82, 2.24) is 5.32 Å². The zero-order chi connectivity index (χ0) is 7.19. The van der Waals surface area contributed by atoms with Crippen LogP contribution in [0, 0.1) is 5.41 Å². The molecule has 0 unspecified atom stereocenters. The Morgan fingerprint density at radius 1 is 1.20 bits per heavy atom. The van der Waals surface area contributed by atoms with Crippen LogP contribution < -0.4 is 5.32 Å². The summed E-state index contributed by atoms with van der Waals surface area (Å²) >= 11 is 0. The largest absolute Gasteiger partial charge is 0.296 e. The summed E-state index contributed by atoms with van der Waals surface area (Å²) in [6, 6.07) is 0. The van der Waals surface area contributed by atoms with E-state index >= 15 is 0 Å². The van der Waals surface area contributed by atoms with E-state index in [1.54, 1.807) is 0 Å². The highest BCUT2D eigenvalue weighted by molar-refractivity contribution is 6.01. The molecule has 2 rings (SSSR count). The lowest BCUT2D eigenvalue weighted by Crippen LogP contribution is -2.41. The topological polar surface area (TPSA) is 46.2 Å². The molecule has 10 heavy (non-hydrogen) atoms. The molecule has 0 aromatic heterocycles. The van der Waals surface area contributed by atoms with Crippen molar-refractivity contribution >= 4 is 11.8 Å². The average molecular weight is 139 g/mol. The Hall–Kier alpha value is -0.860. The molecule has 3 heteroatoms. The summed E-state index contributed by atoms with van der Waals surface area (Å²) in [6.45, 7) is 0. The number of carbonyl (C=O) groups excluding carboxylic acids is 2. The van der Waals surface area contributed by atoms with Crippen molar-refractivity contribution in [3.63, 3.8) is 0 Å². The van der Waals surface area contributed by atoms with E-state index in [2.05, 4.69) is 5.32 Å². The molecule has 2 aliphatic rings. The third kappa shape index (κ3) is 0.664. The van der Waals surface area contributed by atoms with Gasteiger partial charge >= 0.3 is 0 Å². The predicted molar refractivity (Wildman–Crippen MR) is 34.1 cm³/mol. The third-order valence-electron chi connectivity index (χ3n) is 2.42. The molecule has 1 saturated carbocycles. The molecule has 54 valence electrons. The lowest BCUT2D eigenvalue weighted by molar-refractivity contribution is -0.137. The van der Waals surface area contributed by atoms with E-state index in [4.69, 9.17) is 0 Å². The van der Waals surface area contributed by atoms with Gasteiger partial charge in [-0.2, -0.15) is 0 Å². The summed E-state index contributed by atoms with van der Waals surface area (Å²) in [6.07, 6.45) is 3.27. The molecule has 0 bridgehead atoms. The number of imide groups is 1. The normalized spacial score (nSPS) is 28.4. The van der Waals surface area contributed by atoms with E-state index in [0.29, 0.717) is 6.42 Å². The summed E-state index contributed by atoms with van der Waals surface area (Å²) in [7, 11) is 0. The number of rotatable bonds is 0. The van der Waals surface area contributed by atoms with Gasteiger partial charge in [0.25, 0.3) is 0 Å². The lowest BCUT2D eigenvalue weighted by atomic mass is 9.95. The highest BCUT2D eigenvalue weighted by atomic mass is 16.2. The van der Waals surface area contributed by atoms with Gasteiger partial charge in [0, 0.05) is 6.42 Å². The smallest absolute Gasteiger partial charge is 0.232 e. The van der Waals surface area contributed by atoms with Crippen molar-refractivity contribution in [2.24, 2.45) is 5.41 Å². The number of piperidine rings is 1. The zero-order valence-electron chi connectivity index (χ0n) is 5.64. The standard InChI is InChI=1S/C7H9NO2/c9-5-1-2-7(3-4-7)6(10)8-5/h1-4H2,(H,8,9,10). The molecular formula is C7H9NO2. The van der Waals surface area contributed by atoms with Crippen molar-refractivity contribution in [1.29, 1.82) is 0 Å². The number of carbonyl (C=O) groups is 2. The molecule has 2 fully saturated rings. The van der Waals surface area contributed by atoms with Crippen molar-refractivity contribution < 1.29 is 9.59 Å². The molecule has 3 nitrogen and oxygen atoms in total. The molecule has 0 aromatic rings. The molecular weight excluding hydrogens is 130 g/mol. The molecule has 0 radical (unpaired) electrons. The minimum Gasteiger partial charge on any atom is -0.296 e. The van der Waals surface area contributed by atoms with Crippen LogP contribution in [0.15, 0.2) is 0 Å². The lowest BCUT2D eigenvalue weighted by Gasteiger charge is -2.18. The van der Waals surface area contributed by atoms with Crippen molar-refractivity contribution in [2.75, 3.05) is 0 Å². The van der Waals surface area contributed by atoms with E-state index in [1.165, 1.54) is 0 Å². The van der Waals surface area contributed by atoms with Gasteiger partial charge in [-0.05, 0) is 19.3 Å². The maximum Gasteiger partial charge on any atom is 0.232 e. The molecule has 0 aromatic carbocycles. The summed E-state index contributed by atoms with van der Waals surface area (Å²) in [4.78, 5) is 21.7. The molecule has 0 atom stereocenters. The molecule has 1 aliphatic carbocycles. The Labute approximate surface area is 58.8 Å². The second-order valence-electron chi connectivity index (χ2n) is 3.16. The van der Waals surface area contributed by atoms with Crippen LogP contribution in [0.3, 0.4) is 0 Å². The fourth-order valence-corrected chi connectivity index (χ4v) is 1.42. The molecule has 1 saturated heterocycles. The van der Waals surface area contributed by atoms with Crippen LogP contribution in [0.4, 0.5) is 0 Å². The highest BCUT2D eigenvalue weighted by Crippen LogP contribution is 2.51. The van der Waals surface area contributed by atoms with E-state index in [1.807, 2.05) is 0 Å². The Balaban J connectivity index is 2.15. The van der Waals surface area contributed by atoms with Crippen molar-refractivity contribution in [2.45, 2.75) is 25.7 Å². The minimum atomic E-state index is -0.109. The molecule has 1 heterocycles. The van der Waals surface area contributed by atoms with E-state index < -0.39 is 0 Å². The SMILES string of the molecule is O=C1CCC2(CC2)C(=O)N1. The first kappa shape index (κ1) is 5.89. The van der Waals surface area contributed by atoms with Crippen LogP contribution in [0.5, 0.6) is 0 Å². The van der Waals surface area contributed by atoms with Crippen molar-refractivity contribution in [3.8, 4) is 0 Å². The number of amides is 2. The fourth-order valence-electron chi connectivity index (χ4n) is 1.42. The van der Waals surface area contributed by atoms with Gasteiger partial charge in [-0.15, -0.1) is 0 Å². The van der Waals surface area contributed by atoms with E-state index in [9.17, 15) is 9.59 Å². The Bertz CT molecular complexity index is 206. The molecule has 2 amide bonds. The van der Waals surface area contributed by atoms with Gasteiger partial charge in [-0.25, -0.2) is 0 Å². The molecule has 1 N–H and O–H groups in total. The molecule has 1 aliphatic heterocycles. The fraction of sp³-hybridized carbons (Fsp3) is 0.714. The maximum atomic E-state index is 11.1. The van der Waals surface area contributed by atoms with Gasteiger partial charge in [0.15, 0.2) is 0 Å². The maximum absolute atomic E-state index is 11.1. The summed E-state index contributed by atoms with van der Waals surface area (Å²) in [5, 5.41) is 2.35. The first-order valence-corrected chi connectivity index (χ1v) is 3.57. The highest BCUT2D eigenvalue weighted by Gasteiger charge is 2.52. The van der Waals surface area contributed by atoms with Gasteiger partial charge in [0.05, 0.1) is 5.41 Å². The Morgan fingerprint density at radius 3 is 2.40 bits per heavy atom. The van der Waals surface area contributed by atoms with Crippen LogP contribution in [0.1, 0.15) is 25.7 Å². The zero-order valence-corrected chi connectivity index (χ0v) is 5.64. The van der Waals surface area contributed by atoms with Crippen LogP contribution in [-0.2, 0) is 9.59 Å². The number of hydrogen-bond acceptors (Lipinski definition) is 2. The van der Waals surface area contributed by atoms with Gasteiger partial charge < -0.3 is 0 Å². The Morgan fingerprint density at radius 2 is 1.90 bits per heavy atom. The van der Waals surface area contributed by atoms with Gasteiger partial charge in [0.1, 0.15) is 0 Å². The number of nitrogens with one attached hydrogen (secondary N) is 1.